The number of carbonyl (C=O) groups excluding carboxylic acids is 3. The lowest BCUT2D eigenvalue weighted by atomic mass is 10.0. The molecule has 2 aliphatic heterocycles. The summed E-state index contributed by atoms with van der Waals surface area (Å²) < 4.78 is 0. The number of piperidine rings is 1. The number of amides is 3. The summed E-state index contributed by atoms with van der Waals surface area (Å²) in [6, 6.07) is 10.1. The molecule has 2 aliphatic rings. The summed E-state index contributed by atoms with van der Waals surface area (Å²) >= 11 is 2.70. The van der Waals surface area contributed by atoms with Gasteiger partial charge in [0.15, 0.2) is 0 Å². The SMILES string of the molecule is O=C(CSCc1ccccc1)N1CCC(N2C(=O)CSC2=O)CC1. The van der Waals surface area contributed by atoms with Gasteiger partial charge in [0.25, 0.3) is 5.24 Å². The van der Waals surface area contributed by atoms with Gasteiger partial charge in [0, 0.05) is 24.9 Å². The summed E-state index contributed by atoms with van der Waals surface area (Å²) in [6.45, 7) is 1.24. The summed E-state index contributed by atoms with van der Waals surface area (Å²) in [6.07, 6.45) is 1.38. The number of likely N-dealkylation sites (tertiary alicyclic amines) is 1. The van der Waals surface area contributed by atoms with E-state index >= 15 is 0 Å². The number of nitrogens with zero attached hydrogens (tertiary/aromatic N) is 2. The van der Waals surface area contributed by atoms with Crippen molar-refractivity contribution in [1.29, 1.82) is 0 Å². The molecule has 0 unspecified atom stereocenters. The number of benzene rings is 1. The van der Waals surface area contributed by atoms with Gasteiger partial charge < -0.3 is 4.90 Å². The Balaban J connectivity index is 1.42. The summed E-state index contributed by atoms with van der Waals surface area (Å²) in [4.78, 5) is 39.1. The van der Waals surface area contributed by atoms with Crippen molar-refractivity contribution < 1.29 is 14.4 Å². The molecule has 2 fully saturated rings. The standard InChI is InChI=1S/C17H20N2O3S2/c20-15(11-23-10-13-4-2-1-3-5-13)18-8-6-14(7-9-18)19-16(21)12-24-17(19)22/h1-5,14H,6-12H2. The molecule has 128 valence electrons. The zero-order valence-electron chi connectivity index (χ0n) is 13.3. The largest absolute Gasteiger partial charge is 0.342 e. The molecule has 0 aromatic heterocycles. The first-order valence-electron chi connectivity index (χ1n) is 8.03. The molecule has 0 N–H and O–H groups in total. The lowest BCUT2D eigenvalue weighted by molar-refractivity contribution is -0.131. The number of hydrogen-bond donors (Lipinski definition) is 0. The van der Waals surface area contributed by atoms with Crippen LogP contribution in [0.5, 0.6) is 0 Å². The maximum absolute atomic E-state index is 12.3. The lowest BCUT2D eigenvalue weighted by Gasteiger charge is -2.35. The van der Waals surface area contributed by atoms with Crippen LogP contribution in [-0.2, 0) is 15.3 Å². The van der Waals surface area contributed by atoms with Crippen molar-refractivity contribution in [3.63, 3.8) is 0 Å². The number of rotatable bonds is 5. The first-order valence-corrected chi connectivity index (χ1v) is 10.2. The number of hydrogen-bond acceptors (Lipinski definition) is 5. The van der Waals surface area contributed by atoms with E-state index in [-0.39, 0.29) is 28.8 Å². The van der Waals surface area contributed by atoms with E-state index in [1.54, 1.807) is 11.8 Å². The van der Waals surface area contributed by atoms with E-state index in [2.05, 4.69) is 12.1 Å². The van der Waals surface area contributed by atoms with Crippen LogP contribution in [0.1, 0.15) is 18.4 Å². The molecular formula is C17H20N2O3S2. The molecule has 1 aromatic carbocycles. The van der Waals surface area contributed by atoms with Gasteiger partial charge in [-0.3, -0.25) is 19.3 Å². The van der Waals surface area contributed by atoms with Crippen molar-refractivity contribution in [1.82, 2.24) is 9.80 Å². The van der Waals surface area contributed by atoms with Crippen LogP contribution in [0.3, 0.4) is 0 Å². The minimum Gasteiger partial charge on any atom is -0.342 e. The molecule has 0 radical (unpaired) electrons. The van der Waals surface area contributed by atoms with Gasteiger partial charge in [-0.15, -0.1) is 11.8 Å². The number of carbonyl (C=O) groups is 3. The molecule has 0 atom stereocenters. The average Bonchev–Trinajstić information content (AvgIpc) is 2.94. The predicted octanol–water partition coefficient (Wildman–Crippen LogP) is 2.61. The van der Waals surface area contributed by atoms with Gasteiger partial charge in [0.05, 0.1) is 11.5 Å². The fraction of sp³-hybridized carbons (Fsp3) is 0.471. The smallest absolute Gasteiger partial charge is 0.289 e. The van der Waals surface area contributed by atoms with Crippen LogP contribution < -0.4 is 0 Å². The predicted molar refractivity (Wildman–Crippen MR) is 96.9 cm³/mol. The minimum absolute atomic E-state index is 0.0407. The summed E-state index contributed by atoms with van der Waals surface area (Å²) in [5, 5.41) is -0.136. The van der Waals surface area contributed by atoms with E-state index in [0.29, 0.717) is 31.7 Å². The molecule has 7 heteroatoms. The van der Waals surface area contributed by atoms with Gasteiger partial charge in [-0.2, -0.15) is 0 Å². The van der Waals surface area contributed by atoms with E-state index in [1.165, 1.54) is 10.5 Å². The van der Waals surface area contributed by atoms with Crippen molar-refractivity contribution >= 4 is 40.6 Å². The Morgan fingerprint density at radius 3 is 2.50 bits per heavy atom. The summed E-state index contributed by atoms with van der Waals surface area (Å²) in [5.74, 6) is 1.61. The fourth-order valence-electron chi connectivity index (χ4n) is 3.01. The van der Waals surface area contributed by atoms with E-state index in [4.69, 9.17) is 0 Å². The van der Waals surface area contributed by atoms with Crippen molar-refractivity contribution in [3.05, 3.63) is 35.9 Å². The molecule has 24 heavy (non-hydrogen) atoms. The molecular weight excluding hydrogens is 344 g/mol. The highest BCUT2D eigenvalue weighted by Crippen LogP contribution is 2.27. The third-order valence-corrected chi connectivity index (χ3v) is 6.13. The van der Waals surface area contributed by atoms with Crippen molar-refractivity contribution in [2.45, 2.75) is 24.6 Å². The quantitative estimate of drug-likeness (QED) is 0.804. The molecule has 3 rings (SSSR count). The third-order valence-electron chi connectivity index (χ3n) is 4.30. The fourth-order valence-corrected chi connectivity index (χ4v) is 4.68. The zero-order chi connectivity index (χ0) is 16.9. The molecule has 0 aliphatic carbocycles. The Hall–Kier alpha value is -1.47. The molecule has 2 saturated heterocycles. The Bertz CT molecular complexity index is 600. The van der Waals surface area contributed by atoms with Crippen molar-refractivity contribution in [3.8, 4) is 0 Å². The summed E-state index contributed by atoms with van der Waals surface area (Å²) in [7, 11) is 0. The lowest BCUT2D eigenvalue weighted by Crippen LogP contribution is -2.48. The van der Waals surface area contributed by atoms with Crippen LogP contribution in [0.15, 0.2) is 30.3 Å². The van der Waals surface area contributed by atoms with Crippen molar-refractivity contribution in [2.75, 3.05) is 24.6 Å². The highest BCUT2D eigenvalue weighted by molar-refractivity contribution is 8.14. The third kappa shape index (κ3) is 4.13. The maximum Gasteiger partial charge on any atom is 0.289 e. The van der Waals surface area contributed by atoms with E-state index in [0.717, 1.165) is 17.5 Å². The maximum atomic E-state index is 12.3. The molecule has 3 amide bonds. The number of imide groups is 1. The van der Waals surface area contributed by atoms with E-state index < -0.39 is 0 Å². The topological polar surface area (TPSA) is 57.7 Å². The van der Waals surface area contributed by atoms with Gasteiger partial charge in [0.1, 0.15) is 0 Å². The molecule has 0 bridgehead atoms. The first-order chi connectivity index (χ1) is 11.6. The van der Waals surface area contributed by atoms with Gasteiger partial charge in [-0.05, 0) is 18.4 Å². The number of thioether (sulfide) groups is 2. The van der Waals surface area contributed by atoms with E-state index in [9.17, 15) is 14.4 Å². The first kappa shape index (κ1) is 17.4. The second kappa shape index (κ2) is 8.07. The molecule has 5 nitrogen and oxygen atoms in total. The van der Waals surface area contributed by atoms with E-state index in [1.807, 2.05) is 23.1 Å². The Labute approximate surface area is 150 Å². The minimum atomic E-state index is -0.136. The molecule has 2 heterocycles. The monoisotopic (exact) mass is 364 g/mol. The van der Waals surface area contributed by atoms with Gasteiger partial charge in [0.2, 0.25) is 11.8 Å². The Morgan fingerprint density at radius 1 is 1.17 bits per heavy atom. The second-order valence-corrected chi connectivity index (χ2v) is 7.82. The Morgan fingerprint density at radius 2 is 1.88 bits per heavy atom. The van der Waals surface area contributed by atoms with Crippen LogP contribution >= 0.6 is 23.5 Å². The zero-order valence-corrected chi connectivity index (χ0v) is 15.0. The highest BCUT2D eigenvalue weighted by atomic mass is 32.2. The summed E-state index contributed by atoms with van der Waals surface area (Å²) in [5.41, 5.74) is 1.22. The van der Waals surface area contributed by atoms with Crippen LogP contribution in [-0.4, -0.2) is 57.5 Å². The normalized spacial score (nSPS) is 19.2. The molecule has 1 aromatic rings. The van der Waals surface area contributed by atoms with Crippen LogP contribution in [0.25, 0.3) is 0 Å². The molecule has 0 spiro atoms. The van der Waals surface area contributed by atoms with Crippen molar-refractivity contribution in [2.24, 2.45) is 0 Å². The van der Waals surface area contributed by atoms with Crippen LogP contribution in [0.4, 0.5) is 4.79 Å². The van der Waals surface area contributed by atoms with Crippen LogP contribution in [0, 0.1) is 0 Å². The Kier molecular flexibility index (Phi) is 5.84. The van der Waals surface area contributed by atoms with Gasteiger partial charge >= 0.3 is 0 Å². The molecule has 0 saturated carbocycles. The van der Waals surface area contributed by atoms with Crippen LogP contribution in [0.2, 0.25) is 0 Å². The second-order valence-electron chi connectivity index (χ2n) is 5.91. The average molecular weight is 364 g/mol. The highest BCUT2D eigenvalue weighted by Gasteiger charge is 2.37. The van der Waals surface area contributed by atoms with Gasteiger partial charge in [-0.1, -0.05) is 42.1 Å². The van der Waals surface area contributed by atoms with Gasteiger partial charge in [-0.25, -0.2) is 0 Å².